The molecule has 0 saturated carbocycles. The molecule has 1 aromatic carbocycles. The molecule has 0 amide bonds. The van der Waals surface area contributed by atoms with Gasteiger partial charge in [0.1, 0.15) is 12.1 Å². The number of hydrogen-bond acceptors (Lipinski definition) is 7. The number of nitrogens with two attached hydrogens (primary N) is 1. The molecule has 31 heavy (non-hydrogen) atoms. The number of nitrogens with zero attached hydrogens (tertiary/aromatic N) is 4. The SMILES string of the molecule is COCCOc1nc(N)c2[nH]c(=O)n(Cc3cccc(CCc4ccccn4)c3)c2n1. The van der Waals surface area contributed by atoms with E-state index in [4.69, 9.17) is 15.2 Å². The maximum atomic E-state index is 12.6. The molecule has 4 aromatic rings. The van der Waals surface area contributed by atoms with Gasteiger partial charge in [-0.15, -0.1) is 0 Å². The van der Waals surface area contributed by atoms with Crippen molar-refractivity contribution in [1.82, 2.24) is 24.5 Å². The van der Waals surface area contributed by atoms with E-state index in [1.54, 1.807) is 13.3 Å². The van der Waals surface area contributed by atoms with Crippen LogP contribution in [0.4, 0.5) is 5.82 Å². The van der Waals surface area contributed by atoms with Crippen LogP contribution in [0, 0.1) is 0 Å². The number of hydrogen-bond donors (Lipinski definition) is 2. The lowest BCUT2D eigenvalue weighted by atomic mass is 10.0. The lowest BCUT2D eigenvalue weighted by Gasteiger charge is -2.08. The number of rotatable bonds is 9. The summed E-state index contributed by atoms with van der Waals surface area (Å²) < 4.78 is 12.0. The molecule has 3 N–H and O–H groups in total. The third-order valence-electron chi connectivity index (χ3n) is 4.88. The van der Waals surface area contributed by atoms with E-state index in [-0.39, 0.29) is 24.1 Å². The van der Waals surface area contributed by atoms with Crippen LogP contribution in [0.2, 0.25) is 0 Å². The second-order valence-electron chi connectivity index (χ2n) is 7.09. The number of aryl methyl sites for hydroxylation is 2. The molecule has 0 unspecified atom stereocenters. The van der Waals surface area contributed by atoms with Crippen LogP contribution in [0.1, 0.15) is 16.8 Å². The van der Waals surface area contributed by atoms with Gasteiger partial charge in [-0.25, -0.2) is 4.79 Å². The summed E-state index contributed by atoms with van der Waals surface area (Å²) in [6, 6.07) is 14.2. The second-order valence-corrected chi connectivity index (χ2v) is 7.09. The third-order valence-corrected chi connectivity index (χ3v) is 4.88. The van der Waals surface area contributed by atoms with Crippen LogP contribution in [0.15, 0.2) is 53.5 Å². The molecule has 0 aliphatic rings. The van der Waals surface area contributed by atoms with Crippen LogP contribution in [-0.2, 0) is 24.1 Å². The summed E-state index contributed by atoms with van der Waals surface area (Å²) in [4.78, 5) is 28.2. The highest BCUT2D eigenvalue weighted by molar-refractivity contribution is 5.81. The molecule has 9 heteroatoms. The molecule has 4 rings (SSSR count). The Morgan fingerprint density at radius 3 is 2.74 bits per heavy atom. The molecule has 0 atom stereocenters. The molecular weight excluding hydrogens is 396 g/mol. The van der Waals surface area contributed by atoms with E-state index in [9.17, 15) is 4.79 Å². The Balaban J connectivity index is 1.56. The standard InChI is InChI=1S/C22H24N6O3/c1-30-11-12-31-21-26-19(23)18-20(27-21)28(22(29)25-18)14-16-6-4-5-15(13-16)8-9-17-7-2-3-10-24-17/h2-7,10,13H,8-9,11-12,14H2,1H3,(H,25,29)(H2,23,26,27). The second kappa shape index (κ2) is 9.40. The van der Waals surface area contributed by atoms with Gasteiger partial charge in [-0.1, -0.05) is 30.3 Å². The zero-order chi connectivity index (χ0) is 21.6. The first-order valence-electron chi connectivity index (χ1n) is 9.99. The molecule has 9 nitrogen and oxygen atoms in total. The van der Waals surface area contributed by atoms with Gasteiger partial charge in [-0.05, 0) is 36.1 Å². The Morgan fingerprint density at radius 2 is 1.94 bits per heavy atom. The van der Waals surface area contributed by atoms with Crippen molar-refractivity contribution in [2.24, 2.45) is 0 Å². The van der Waals surface area contributed by atoms with Crippen molar-refractivity contribution in [2.45, 2.75) is 19.4 Å². The number of nitrogen functional groups attached to an aromatic ring is 1. The Labute approximate surface area is 178 Å². The van der Waals surface area contributed by atoms with Gasteiger partial charge in [-0.2, -0.15) is 9.97 Å². The third kappa shape index (κ3) is 4.89. The Bertz CT molecular complexity index is 1220. The smallest absolute Gasteiger partial charge is 0.328 e. The molecule has 3 aromatic heterocycles. The zero-order valence-electron chi connectivity index (χ0n) is 17.2. The molecule has 160 valence electrons. The molecule has 0 aliphatic carbocycles. The number of fused-ring (bicyclic) bond motifs is 1. The lowest BCUT2D eigenvalue weighted by molar-refractivity contribution is 0.141. The normalized spacial score (nSPS) is 11.1. The van der Waals surface area contributed by atoms with Gasteiger partial charge >= 0.3 is 11.7 Å². The van der Waals surface area contributed by atoms with Crippen LogP contribution >= 0.6 is 0 Å². The highest BCUT2D eigenvalue weighted by atomic mass is 16.5. The van der Waals surface area contributed by atoms with E-state index in [1.165, 1.54) is 10.1 Å². The van der Waals surface area contributed by atoms with Crippen LogP contribution in [0.3, 0.4) is 0 Å². The van der Waals surface area contributed by atoms with Crippen molar-refractivity contribution in [1.29, 1.82) is 0 Å². The van der Waals surface area contributed by atoms with Gasteiger partial charge in [0, 0.05) is 19.0 Å². The van der Waals surface area contributed by atoms with Crippen molar-refractivity contribution in [3.05, 3.63) is 76.0 Å². The number of ether oxygens (including phenoxy) is 2. The number of pyridine rings is 1. The van der Waals surface area contributed by atoms with Gasteiger partial charge in [-0.3, -0.25) is 9.55 Å². The summed E-state index contributed by atoms with van der Waals surface area (Å²) in [7, 11) is 1.58. The number of H-pyrrole nitrogens is 1. The minimum Gasteiger partial charge on any atom is -0.461 e. The maximum absolute atomic E-state index is 12.6. The fourth-order valence-corrected chi connectivity index (χ4v) is 3.34. The topological polar surface area (TPSA) is 121 Å². The van der Waals surface area contributed by atoms with Crippen molar-refractivity contribution in [3.63, 3.8) is 0 Å². The number of anilines is 1. The Morgan fingerprint density at radius 1 is 1.06 bits per heavy atom. The first-order chi connectivity index (χ1) is 15.1. The summed E-state index contributed by atoms with van der Waals surface area (Å²) in [5.74, 6) is 0.164. The summed E-state index contributed by atoms with van der Waals surface area (Å²) in [6.07, 6.45) is 3.51. The monoisotopic (exact) mass is 420 g/mol. The number of benzene rings is 1. The fourth-order valence-electron chi connectivity index (χ4n) is 3.34. The van der Waals surface area contributed by atoms with Crippen molar-refractivity contribution >= 4 is 17.0 Å². The van der Waals surface area contributed by atoms with Crippen LogP contribution < -0.4 is 16.2 Å². The van der Waals surface area contributed by atoms with Crippen LogP contribution in [0.5, 0.6) is 6.01 Å². The number of methoxy groups -OCH3 is 1. The van der Waals surface area contributed by atoms with Crippen LogP contribution in [-0.4, -0.2) is 44.8 Å². The highest BCUT2D eigenvalue weighted by Crippen LogP contribution is 2.19. The summed E-state index contributed by atoms with van der Waals surface area (Å²) in [6.45, 7) is 1.03. The van der Waals surface area contributed by atoms with Crippen molar-refractivity contribution in [3.8, 4) is 6.01 Å². The number of aromatic amines is 1. The summed E-state index contributed by atoms with van der Waals surface area (Å²) >= 11 is 0. The average Bonchev–Trinajstić information content (AvgIpc) is 3.09. The fraction of sp³-hybridized carbons (Fsp3) is 0.273. The largest absolute Gasteiger partial charge is 0.461 e. The molecule has 0 radical (unpaired) electrons. The van der Waals surface area contributed by atoms with E-state index in [2.05, 4.69) is 32.1 Å². The molecule has 0 aliphatic heterocycles. The first-order valence-corrected chi connectivity index (χ1v) is 9.99. The molecule has 0 saturated heterocycles. The first kappa shape index (κ1) is 20.5. The molecule has 0 fully saturated rings. The van der Waals surface area contributed by atoms with E-state index in [1.807, 2.05) is 30.3 Å². The van der Waals surface area contributed by atoms with Gasteiger partial charge in [0.25, 0.3) is 0 Å². The minimum atomic E-state index is -0.302. The Kier molecular flexibility index (Phi) is 6.23. The van der Waals surface area contributed by atoms with Gasteiger partial charge in [0.05, 0.1) is 13.2 Å². The number of imidazole rings is 1. The molecule has 3 heterocycles. The maximum Gasteiger partial charge on any atom is 0.328 e. The quantitative estimate of drug-likeness (QED) is 0.397. The summed E-state index contributed by atoms with van der Waals surface area (Å²) in [5.41, 5.74) is 9.72. The average molecular weight is 420 g/mol. The van der Waals surface area contributed by atoms with Gasteiger partial charge in [0.2, 0.25) is 0 Å². The van der Waals surface area contributed by atoms with Crippen molar-refractivity contribution in [2.75, 3.05) is 26.1 Å². The van der Waals surface area contributed by atoms with Crippen molar-refractivity contribution < 1.29 is 9.47 Å². The number of aromatic nitrogens is 5. The van der Waals surface area contributed by atoms with Gasteiger partial charge < -0.3 is 20.2 Å². The van der Waals surface area contributed by atoms with E-state index in [0.717, 1.165) is 24.1 Å². The predicted octanol–water partition coefficient (Wildman–Crippen LogP) is 1.96. The lowest BCUT2D eigenvalue weighted by Crippen LogP contribution is -2.18. The van der Waals surface area contributed by atoms with E-state index < -0.39 is 0 Å². The molecular formula is C22H24N6O3. The van der Waals surface area contributed by atoms with Crippen LogP contribution in [0.25, 0.3) is 11.2 Å². The predicted molar refractivity (Wildman–Crippen MR) is 117 cm³/mol. The molecule has 0 bridgehead atoms. The molecule has 0 spiro atoms. The summed E-state index contributed by atoms with van der Waals surface area (Å²) in [5, 5.41) is 0. The number of nitrogens with one attached hydrogen (secondary N) is 1. The van der Waals surface area contributed by atoms with E-state index in [0.29, 0.717) is 24.3 Å². The highest BCUT2D eigenvalue weighted by Gasteiger charge is 2.15. The zero-order valence-corrected chi connectivity index (χ0v) is 17.2. The Hall–Kier alpha value is -3.72. The minimum absolute atomic E-state index is 0.110. The van der Waals surface area contributed by atoms with E-state index >= 15 is 0 Å². The van der Waals surface area contributed by atoms with Gasteiger partial charge in [0.15, 0.2) is 11.5 Å².